The van der Waals surface area contributed by atoms with Crippen molar-refractivity contribution in [3.8, 4) is 0 Å². The molecule has 3 heterocycles. The van der Waals surface area contributed by atoms with Crippen LogP contribution in [0.15, 0.2) is 36.7 Å². The van der Waals surface area contributed by atoms with Crippen molar-refractivity contribution in [3.05, 3.63) is 53.6 Å². The van der Waals surface area contributed by atoms with Crippen molar-refractivity contribution in [3.63, 3.8) is 0 Å². The van der Waals surface area contributed by atoms with Crippen molar-refractivity contribution in [2.24, 2.45) is 0 Å². The third-order valence-corrected chi connectivity index (χ3v) is 4.09. The van der Waals surface area contributed by atoms with Crippen LogP contribution >= 0.6 is 0 Å². The third kappa shape index (κ3) is 4.08. The van der Waals surface area contributed by atoms with Gasteiger partial charge in [-0.25, -0.2) is 0 Å². The highest BCUT2D eigenvalue weighted by Crippen LogP contribution is 2.23. The van der Waals surface area contributed by atoms with Gasteiger partial charge in [-0.1, -0.05) is 6.07 Å². The molecule has 0 spiro atoms. The van der Waals surface area contributed by atoms with Gasteiger partial charge in [0.25, 0.3) is 0 Å². The van der Waals surface area contributed by atoms with E-state index in [9.17, 15) is 4.79 Å². The van der Waals surface area contributed by atoms with E-state index < -0.39 is 0 Å². The van der Waals surface area contributed by atoms with Gasteiger partial charge in [0, 0.05) is 36.7 Å². The molecule has 24 heavy (non-hydrogen) atoms. The van der Waals surface area contributed by atoms with Crippen LogP contribution in [0.4, 0.5) is 5.69 Å². The lowest BCUT2D eigenvalue weighted by Gasteiger charge is -2.33. The molecule has 2 aromatic rings. The van der Waals surface area contributed by atoms with Gasteiger partial charge in [0.05, 0.1) is 18.8 Å². The van der Waals surface area contributed by atoms with Crippen LogP contribution in [0.1, 0.15) is 29.5 Å². The lowest BCUT2D eigenvalue weighted by Crippen LogP contribution is -2.42. The SMILES string of the molecule is Cc1cc(N)cc([C@H]2CN(C(=O)CCc3cccnc3)CCO2)n1. The fourth-order valence-corrected chi connectivity index (χ4v) is 2.90. The van der Waals surface area contributed by atoms with Gasteiger partial charge >= 0.3 is 0 Å². The molecule has 1 atom stereocenters. The molecule has 1 saturated heterocycles. The molecule has 0 aliphatic carbocycles. The lowest BCUT2D eigenvalue weighted by molar-refractivity contribution is -0.139. The molecule has 0 bridgehead atoms. The maximum atomic E-state index is 12.5. The summed E-state index contributed by atoms with van der Waals surface area (Å²) in [5.74, 6) is 0.132. The van der Waals surface area contributed by atoms with Crippen LogP contribution in [0.2, 0.25) is 0 Å². The van der Waals surface area contributed by atoms with Crippen LogP contribution in [-0.4, -0.2) is 40.5 Å². The van der Waals surface area contributed by atoms with Crippen molar-refractivity contribution < 1.29 is 9.53 Å². The normalized spacial score (nSPS) is 17.7. The Hall–Kier alpha value is -2.47. The number of morpholine rings is 1. The summed E-state index contributed by atoms with van der Waals surface area (Å²) in [6, 6.07) is 7.52. The molecule has 0 aromatic carbocycles. The molecule has 6 nitrogen and oxygen atoms in total. The summed E-state index contributed by atoms with van der Waals surface area (Å²) in [6.07, 6.45) is 4.49. The number of nitrogen functional groups attached to an aromatic ring is 1. The van der Waals surface area contributed by atoms with Crippen molar-refractivity contribution in [2.45, 2.75) is 25.9 Å². The van der Waals surface area contributed by atoms with Gasteiger partial charge in [-0.05, 0) is 37.1 Å². The number of carbonyl (C=O) groups is 1. The number of amides is 1. The topological polar surface area (TPSA) is 81.3 Å². The number of hydrogen-bond donors (Lipinski definition) is 1. The van der Waals surface area contributed by atoms with Gasteiger partial charge in [-0.15, -0.1) is 0 Å². The van der Waals surface area contributed by atoms with Crippen LogP contribution < -0.4 is 5.73 Å². The molecule has 6 heteroatoms. The third-order valence-electron chi connectivity index (χ3n) is 4.09. The van der Waals surface area contributed by atoms with E-state index in [1.165, 1.54) is 0 Å². The van der Waals surface area contributed by atoms with Gasteiger partial charge in [0.2, 0.25) is 5.91 Å². The van der Waals surface area contributed by atoms with Crippen LogP contribution in [0.25, 0.3) is 0 Å². The number of pyridine rings is 2. The first-order chi connectivity index (χ1) is 11.6. The van der Waals surface area contributed by atoms with Gasteiger partial charge in [0.15, 0.2) is 0 Å². The lowest BCUT2D eigenvalue weighted by atomic mass is 10.1. The van der Waals surface area contributed by atoms with E-state index in [1.54, 1.807) is 12.4 Å². The van der Waals surface area contributed by atoms with Crippen LogP contribution in [0.3, 0.4) is 0 Å². The number of rotatable bonds is 4. The molecular weight excluding hydrogens is 304 g/mol. The van der Waals surface area contributed by atoms with Crippen LogP contribution in [0.5, 0.6) is 0 Å². The zero-order valence-corrected chi connectivity index (χ0v) is 13.8. The average molecular weight is 326 g/mol. The van der Waals surface area contributed by atoms with Crippen molar-refractivity contribution in [2.75, 3.05) is 25.4 Å². The summed E-state index contributed by atoms with van der Waals surface area (Å²) in [6.45, 7) is 3.55. The van der Waals surface area contributed by atoms with E-state index in [-0.39, 0.29) is 12.0 Å². The molecule has 3 rings (SSSR count). The minimum absolute atomic E-state index is 0.132. The molecule has 126 valence electrons. The van der Waals surface area contributed by atoms with Gasteiger partial charge in [0.1, 0.15) is 6.10 Å². The highest BCUT2D eigenvalue weighted by molar-refractivity contribution is 5.76. The minimum Gasteiger partial charge on any atom is -0.399 e. The molecule has 0 saturated carbocycles. The summed E-state index contributed by atoms with van der Waals surface area (Å²) in [5.41, 5.74) is 9.28. The number of anilines is 1. The Morgan fingerprint density at radius 3 is 3.08 bits per heavy atom. The average Bonchev–Trinajstić information content (AvgIpc) is 2.60. The van der Waals surface area contributed by atoms with Crippen LogP contribution in [0, 0.1) is 6.92 Å². The summed E-state index contributed by atoms with van der Waals surface area (Å²) >= 11 is 0. The molecule has 1 aliphatic heterocycles. The van der Waals surface area contributed by atoms with Crippen molar-refractivity contribution in [1.82, 2.24) is 14.9 Å². The van der Waals surface area contributed by atoms with Crippen molar-refractivity contribution >= 4 is 11.6 Å². The molecule has 1 fully saturated rings. The number of hydrogen-bond acceptors (Lipinski definition) is 5. The zero-order chi connectivity index (χ0) is 16.9. The number of aromatic nitrogens is 2. The summed E-state index contributed by atoms with van der Waals surface area (Å²) in [5, 5.41) is 0. The molecule has 1 aliphatic rings. The Morgan fingerprint density at radius 1 is 1.46 bits per heavy atom. The largest absolute Gasteiger partial charge is 0.399 e. The van der Waals surface area contributed by atoms with E-state index in [4.69, 9.17) is 10.5 Å². The predicted molar refractivity (Wildman–Crippen MR) is 91.2 cm³/mol. The second kappa shape index (κ2) is 7.40. The number of ether oxygens (including phenoxy) is 1. The molecule has 0 unspecified atom stereocenters. The second-order valence-corrected chi connectivity index (χ2v) is 6.03. The van der Waals surface area contributed by atoms with E-state index in [1.807, 2.05) is 36.1 Å². The number of nitrogens with two attached hydrogens (primary N) is 1. The second-order valence-electron chi connectivity index (χ2n) is 6.03. The summed E-state index contributed by atoms with van der Waals surface area (Å²) < 4.78 is 5.80. The zero-order valence-electron chi connectivity index (χ0n) is 13.8. The summed E-state index contributed by atoms with van der Waals surface area (Å²) in [4.78, 5) is 22.9. The van der Waals surface area contributed by atoms with Gasteiger partial charge in [-0.2, -0.15) is 0 Å². The molecular formula is C18H22N4O2. The molecule has 2 aromatic heterocycles. The molecule has 2 N–H and O–H groups in total. The highest BCUT2D eigenvalue weighted by atomic mass is 16.5. The monoisotopic (exact) mass is 326 g/mol. The number of nitrogens with zero attached hydrogens (tertiary/aromatic N) is 3. The molecule has 0 radical (unpaired) electrons. The highest BCUT2D eigenvalue weighted by Gasteiger charge is 2.26. The summed E-state index contributed by atoms with van der Waals surface area (Å²) in [7, 11) is 0. The first kappa shape index (κ1) is 16.4. The minimum atomic E-state index is -0.219. The number of carbonyl (C=O) groups excluding carboxylic acids is 1. The van der Waals surface area contributed by atoms with Crippen LogP contribution in [-0.2, 0) is 16.0 Å². The maximum absolute atomic E-state index is 12.5. The Bertz CT molecular complexity index is 685. The first-order valence-electron chi connectivity index (χ1n) is 8.14. The Balaban J connectivity index is 1.61. The first-order valence-corrected chi connectivity index (χ1v) is 8.14. The fourth-order valence-electron chi connectivity index (χ4n) is 2.90. The van der Waals surface area contributed by atoms with Crippen molar-refractivity contribution in [1.29, 1.82) is 0 Å². The smallest absolute Gasteiger partial charge is 0.223 e. The molecule has 1 amide bonds. The van der Waals surface area contributed by atoms with Gasteiger partial charge in [-0.3, -0.25) is 14.8 Å². The van der Waals surface area contributed by atoms with E-state index in [0.29, 0.717) is 38.2 Å². The van der Waals surface area contributed by atoms with E-state index >= 15 is 0 Å². The Kier molecular flexibility index (Phi) is 5.05. The van der Waals surface area contributed by atoms with E-state index in [2.05, 4.69) is 9.97 Å². The maximum Gasteiger partial charge on any atom is 0.223 e. The number of aryl methyl sites for hydroxylation is 2. The predicted octanol–water partition coefficient (Wildman–Crippen LogP) is 1.90. The standard InChI is InChI=1S/C18H22N4O2/c1-13-9-15(19)10-16(21-13)17-12-22(7-8-24-17)18(23)5-4-14-3-2-6-20-11-14/h2-3,6,9-11,17H,4-5,7-8,12H2,1H3,(H2,19,21)/t17-/m1/s1. The fraction of sp³-hybridized carbons (Fsp3) is 0.389. The van der Waals surface area contributed by atoms with Gasteiger partial charge < -0.3 is 15.4 Å². The Morgan fingerprint density at radius 2 is 2.33 bits per heavy atom. The quantitative estimate of drug-likeness (QED) is 0.928. The Labute approximate surface area is 141 Å². The van der Waals surface area contributed by atoms with E-state index in [0.717, 1.165) is 17.0 Å².